The maximum absolute atomic E-state index is 12.7. The highest BCUT2D eigenvalue weighted by Gasteiger charge is 2.02. The lowest BCUT2D eigenvalue weighted by molar-refractivity contribution is 0.450. The van der Waals surface area contributed by atoms with Crippen LogP contribution in [-0.2, 0) is 0 Å². The van der Waals surface area contributed by atoms with Crippen molar-refractivity contribution >= 4 is 17.6 Å². The van der Waals surface area contributed by atoms with Gasteiger partial charge in [-0.1, -0.05) is 42.5 Å². The van der Waals surface area contributed by atoms with E-state index in [1.54, 1.807) is 24.3 Å². The molecule has 1 atom stereocenters. The van der Waals surface area contributed by atoms with Crippen LogP contribution in [0.3, 0.4) is 0 Å². The molecule has 0 saturated carbocycles. The summed E-state index contributed by atoms with van der Waals surface area (Å²) in [7, 11) is 0. The smallest absolute Gasteiger partial charge is 0.153 e. The van der Waals surface area contributed by atoms with Crippen LogP contribution >= 0.6 is 12.2 Å². The van der Waals surface area contributed by atoms with Gasteiger partial charge < -0.3 is 0 Å². The van der Waals surface area contributed by atoms with Crippen molar-refractivity contribution in [3.63, 3.8) is 0 Å². The fraction of sp³-hybridized carbons (Fsp3) is 0.125. The van der Waals surface area contributed by atoms with Gasteiger partial charge >= 0.3 is 0 Å². The zero-order valence-corrected chi connectivity index (χ0v) is 6.14. The van der Waals surface area contributed by atoms with Crippen molar-refractivity contribution in [2.24, 2.45) is 0 Å². The van der Waals surface area contributed by atoms with Crippen LogP contribution in [0.2, 0.25) is 0 Å². The normalized spacial score (nSPS) is 12.5. The SMILES string of the molecule is F[C@H](C=S)c1ccccc1. The summed E-state index contributed by atoms with van der Waals surface area (Å²) in [5, 5.41) is 1.12. The van der Waals surface area contributed by atoms with Crippen LogP contribution in [0.5, 0.6) is 0 Å². The quantitative estimate of drug-likeness (QED) is 0.590. The summed E-state index contributed by atoms with van der Waals surface area (Å²) >= 11 is 4.46. The van der Waals surface area contributed by atoms with Gasteiger partial charge in [-0.2, -0.15) is 0 Å². The number of thiocarbonyl (C=S) groups is 1. The van der Waals surface area contributed by atoms with Gasteiger partial charge in [-0.3, -0.25) is 0 Å². The minimum atomic E-state index is -1.10. The van der Waals surface area contributed by atoms with Crippen molar-refractivity contribution in [3.05, 3.63) is 35.9 Å². The van der Waals surface area contributed by atoms with Crippen LogP contribution in [0.1, 0.15) is 11.7 Å². The van der Waals surface area contributed by atoms with E-state index in [9.17, 15) is 4.39 Å². The molecule has 0 bridgehead atoms. The minimum Gasteiger partial charge on any atom is -0.237 e. The highest BCUT2D eigenvalue weighted by atomic mass is 32.1. The van der Waals surface area contributed by atoms with Gasteiger partial charge in [0.25, 0.3) is 0 Å². The van der Waals surface area contributed by atoms with Crippen molar-refractivity contribution in [2.45, 2.75) is 6.17 Å². The lowest BCUT2D eigenvalue weighted by atomic mass is 10.1. The second-order valence-electron chi connectivity index (χ2n) is 1.95. The summed E-state index contributed by atoms with van der Waals surface area (Å²) in [4.78, 5) is 0. The summed E-state index contributed by atoms with van der Waals surface area (Å²) in [6.07, 6.45) is -1.10. The molecule has 1 rings (SSSR count). The first-order valence-electron chi connectivity index (χ1n) is 2.99. The van der Waals surface area contributed by atoms with Gasteiger partial charge in [0, 0.05) is 5.37 Å². The number of benzene rings is 1. The Balaban J connectivity index is 2.84. The monoisotopic (exact) mass is 154 g/mol. The Morgan fingerprint density at radius 3 is 2.40 bits per heavy atom. The number of alkyl halides is 1. The highest BCUT2D eigenvalue weighted by molar-refractivity contribution is 7.79. The Morgan fingerprint density at radius 2 is 1.90 bits per heavy atom. The Kier molecular flexibility index (Phi) is 2.51. The van der Waals surface area contributed by atoms with E-state index in [1.807, 2.05) is 6.07 Å². The molecular formula is C8H7FS. The van der Waals surface area contributed by atoms with Gasteiger partial charge in [-0.25, -0.2) is 4.39 Å². The van der Waals surface area contributed by atoms with Gasteiger partial charge in [0.1, 0.15) is 0 Å². The van der Waals surface area contributed by atoms with E-state index in [4.69, 9.17) is 0 Å². The summed E-state index contributed by atoms with van der Waals surface area (Å²) in [5.41, 5.74) is 0.623. The summed E-state index contributed by atoms with van der Waals surface area (Å²) in [6.45, 7) is 0. The third-order valence-electron chi connectivity index (χ3n) is 1.24. The molecule has 0 radical (unpaired) electrons. The van der Waals surface area contributed by atoms with E-state index in [1.165, 1.54) is 0 Å². The van der Waals surface area contributed by atoms with Crippen molar-refractivity contribution in [1.82, 2.24) is 0 Å². The molecule has 0 spiro atoms. The molecule has 2 heteroatoms. The first kappa shape index (κ1) is 7.35. The van der Waals surface area contributed by atoms with E-state index in [0.717, 1.165) is 5.37 Å². The van der Waals surface area contributed by atoms with E-state index in [2.05, 4.69) is 12.2 Å². The molecule has 0 amide bonds. The van der Waals surface area contributed by atoms with Crippen LogP contribution in [0, 0.1) is 0 Å². The third kappa shape index (κ3) is 1.61. The molecule has 1 aromatic carbocycles. The highest BCUT2D eigenvalue weighted by Crippen LogP contribution is 2.13. The molecule has 52 valence electrons. The zero-order valence-electron chi connectivity index (χ0n) is 5.33. The number of rotatable bonds is 2. The molecule has 0 aliphatic carbocycles. The Labute approximate surface area is 64.7 Å². The maximum atomic E-state index is 12.7. The number of hydrogen-bond donors (Lipinski definition) is 0. The molecule has 0 N–H and O–H groups in total. The fourth-order valence-electron chi connectivity index (χ4n) is 0.715. The summed E-state index contributed by atoms with van der Waals surface area (Å²) < 4.78 is 12.7. The van der Waals surface area contributed by atoms with Crippen molar-refractivity contribution in [2.75, 3.05) is 0 Å². The molecule has 0 nitrogen and oxygen atoms in total. The standard InChI is InChI=1S/C8H7FS/c9-8(6-10)7-4-2-1-3-5-7/h1-6,8H/t8-/m1/s1. The topological polar surface area (TPSA) is 0 Å². The molecule has 1 aromatic rings. The van der Waals surface area contributed by atoms with E-state index in [-0.39, 0.29) is 0 Å². The molecule has 0 fully saturated rings. The number of halogens is 1. The third-order valence-corrected chi connectivity index (χ3v) is 1.48. The average molecular weight is 154 g/mol. The van der Waals surface area contributed by atoms with Crippen molar-refractivity contribution < 1.29 is 4.39 Å². The van der Waals surface area contributed by atoms with Crippen LogP contribution in [0.4, 0.5) is 4.39 Å². The summed E-state index contributed by atoms with van der Waals surface area (Å²) in [6, 6.07) is 8.86. The molecule has 0 saturated heterocycles. The summed E-state index contributed by atoms with van der Waals surface area (Å²) in [5.74, 6) is 0. The van der Waals surface area contributed by atoms with Gasteiger partial charge in [0.15, 0.2) is 6.17 Å². The van der Waals surface area contributed by atoms with Gasteiger partial charge in [-0.15, -0.1) is 0 Å². The Hall–Kier alpha value is -0.760. The average Bonchev–Trinajstić information content (AvgIpc) is 2.05. The molecule has 0 aliphatic heterocycles. The molecule has 0 unspecified atom stereocenters. The predicted octanol–water partition coefficient (Wildman–Crippen LogP) is 2.70. The Morgan fingerprint density at radius 1 is 1.30 bits per heavy atom. The lowest BCUT2D eigenvalue weighted by Gasteiger charge is -1.98. The number of hydrogen-bond acceptors (Lipinski definition) is 1. The maximum Gasteiger partial charge on any atom is 0.153 e. The molecule has 0 heterocycles. The first-order chi connectivity index (χ1) is 4.84. The lowest BCUT2D eigenvalue weighted by Crippen LogP contribution is -1.88. The Bertz CT molecular complexity index is 208. The fourth-order valence-corrected chi connectivity index (χ4v) is 0.873. The predicted molar refractivity (Wildman–Crippen MR) is 43.9 cm³/mol. The molecule has 0 aliphatic rings. The second-order valence-corrected chi connectivity index (χ2v) is 2.22. The van der Waals surface area contributed by atoms with Gasteiger partial charge in [-0.05, 0) is 5.56 Å². The molecular weight excluding hydrogens is 147 g/mol. The van der Waals surface area contributed by atoms with Crippen LogP contribution in [0.15, 0.2) is 30.3 Å². The van der Waals surface area contributed by atoms with E-state index >= 15 is 0 Å². The van der Waals surface area contributed by atoms with E-state index < -0.39 is 6.17 Å². The van der Waals surface area contributed by atoms with E-state index in [0.29, 0.717) is 5.56 Å². The van der Waals surface area contributed by atoms with Crippen LogP contribution < -0.4 is 0 Å². The van der Waals surface area contributed by atoms with Crippen LogP contribution in [0.25, 0.3) is 0 Å². The van der Waals surface area contributed by atoms with Gasteiger partial charge in [0.2, 0.25) is 0 Å². The molecule has 0 aromatic heterocycles. The minimum absolute atomic E-state index is 0.623. The second kappa shape index (κ2) is 3.42. The van der Waals surface area contributed by atoms with Crippen LogP contribution in [-0.4, -0.2) is 5.37 Å². The van der Waals surface area contributed by atoms with Gasteiger partial charge in [0.05, 0.1) is 0 Å². The van der Waals surface area contributed by atoms with Crippen molar-refractivity contribution in [1.29, 1.82) is 0 Å². The van der Waals surface area contributed by atoms with Crippen molar-refractivity contribution in [3.8, 4) is 0 Å². The molecule has 10 heavy (non-hydrogen) atoms. The zero-order chi connectivity index (χ0) is 7.40. The largest absolute Gasteiger partial charge is 0.237 e. The first-order valence-corrected chi connectivity index (χ1v) is 3.46.